The molecule has 1 atom stereocenters. The molecule has 12 heavy (non-hydrogen) atoms. The normalized spacial score (nSPS) is 12.5. The summed E-state index contributed by atoms with van der Waals surface area (Å²) in [6.07, 6.45) is 2.38. The summed E-state index contributed by atoms with van der Waals surface area (Å²) in [5.41, 5.74) is 0.164. The van der Waals surface area contributed by atoms with E-state index in [9.17, 15) is 9.18 Å². The molecule has 0 saturated carbocycles. The fraction of sp³-hybridized carbons (Fsp3) is 0.250. The largest absolute Gasteiger partial charge is 0.481 e. The summed E-state index contributed by atoms with van der Waals surface area (Å²) in [5.74, 6) is -2.44. The Morgan fingerprint density at radius 1 is 1.75 bits per heavy atom. The van der Waals surface area contributed by atoms with E-state index in [1.54, 1.807) is 0 Å². The van der Waals surface area contributed by atoms with Crippen LogP contribution in [-0.2, 0) is 4.79 Å². The first-order chi connectivity index (χ1) is 5.63. The van der Waals surface area contributed by atoms with Crippen LogP contribution in [0.5, 0.6) is 0 Å². The Labute approximate surface area is 68.9 Å². The van der Waals surface area contributed by atoms with Crippen molar-refractivity contribution in [2.75, 3.05) is 0 Å². The number of aromatic nitrogens is 1. The Morgan fingerprint density at radius 3 is 2.92 bits per heavy atom. The maximum Gasteiger partial charge on any atom is 0.310 e. The summed E-state index contributed by atoms with van der Waals surface area (Å²) >= 11 is 0. The smallest absolute Gasteiger partial charge is 0.310 e. The van der Waals surface area contributed by atoms with Gasteiger partial charge in [-0.05, 0) is 13.0 Å². The molecule has 1 rings (SSSR count). The molecule has 3 nitrogen and oxygen atoms in total. The summed E-state index contributed by atoms with van der Waals surface area (Å²) in [5, 5.41) is 8.57. The van der Waals surface area contributed by atoms with Crippen molar-refractivity contribution in [3.63, 3.8) is 0 Å². The molecule has 1 aromatic heterocycles. The van der Waals surface area contributed by atoms with Gasteiger partial charge in [0.05, 0.1) is 12.1 Å². The molecular formula is C8H8FNO2. The van der Waals surface area contributed by atoms with Crippen LogP contribution in [0.25, 0.3) is 0 Å². The van der Waals surface area contributed by atoms with Gasteiger partial charge in [0, 0.05) is 11.8 Å². The quantitative estimate of drug-likeness (QED) is 0.728. The lowest BCUT2D eigenvalue weighted by molar-refractivity contribution is -0.138. The number of carboxylic acid groups (broad SMARTS) is 1. The molecule has 0 fully saturated rings. The molecule has 0 bridgehead atoms. The summed E-state index contributed by atoms with van der Waals surface area (Å²) in [7, 11) is 0. The van der Waals surface area contributed by atoms with Crippen molar-refractivity contribution in [2.45, 2.75) is 12.8 Å². The van der Waals surface area contributed by atoms with Gasteiger partial charge < -0.3 is 5.11 Å². The molecule has 0 amide bonds. The number of halogens is 1. The lowest BCUT2D eigenvalue weighted by Gasteiger charge is -2.05. The third-order valence-electron chi connectivity index (χ3n) is 1.64. The third-order valence-corrected chi connectivity index (χ3v) is 1.64. The van der Waals surface area contributed by atoms with Crippen LogP contribution in [0, 0.1) is 5.82 Å². The highest BCUT2D eigenvalue weighted by Crippen LogP contribution is 2.17. The van der Waals surface area contributed by atoms with E-state index in [0.29, 0.717) is 0 Å². The van der Waals surface area contributed by atoms with E-state index in [0.717, 1.165) is 6.20 Å². The molecule has 0 radical (unpaired) electrons. The number of aliphatic carboxylic acids is 1. The monoisotopic (exact) mass is 169 g/mol. The standard InChI is InChI=1S/C8H8FNO2/c1-5(8(11)12)6-2-3-10-4-7(6)9/h2-5H,1H3,(H,11,12). The zero-order valence-electron chi connectivity index (χ0n) is 6.49. The highest BCUT2D eigenvalue weighted by molar-refractivity contribution is 5.75. The summed E-state index contributed by atoms with van der Waals surface area (Å²) in [4.78, 5) is 14.0. The van der Waals surface area contributed by atoms with Gasteiger partial charge >= 0.3 is 5.97 Å². The van der Waals surface area contributed by atoms with Crippen molar-refractivity contribution < 1.29 is 14.3 Å². The number of carbonyl (C=O) groups is 1. The van der Waals surface area contributed by atoms with Crippen molar-refractivity contribution in [2.24, 2.45) is 0 Å². The van der Waals surface area contributed by atoms with Gasteiger partial charge in [0.25, 0.3) is 0 Å². The number of rotatable bonds is 2. The fourth-order valence-corrected chi connectivity index (χ4v) is 0.870. The maximum absolute atomic E-state index is 12.9. The lowest BCUT2D eigenvalue weighted by atomic mass is 10.0. The van der Waals surface area contributed by atoms with Crippen molar-refractivity contribution in [3.05, 3.63) is 29.8 Å². The molecule has 1 N–H and O–H groups in total. The SMILES string of the molecule is CC(C(=O)O)c1ccncc1F. The minimum Gasteiger partial charge on any atom is -0.481 e. The summed E-state index contributed by atoms with van der Waals surface area (Å²) < 4.78 is 12.9. The van der Waals surface area contributed by atoms with E-state index in [2.05, 4.69) is 4.98 Å². The van der Waals surface area contributed by atoms with Gasteiger partial charge in [0.1, 0.15) is 5.82 Å². The average molecular weight is 169 g/mol. The molecule has 0 aromatic carbocycles. The molecule has 4 heteroatoms. The molecule has 0 spiro atoms. The Morgan fingerprint density at radius 2 is 2.42 bits per heavy atom. The van der Waals surface area contributed by atoms with Gasteiger partial charge in [-0.3, -0.25) is 9.78 Å². The molecule has 64 valence electrons. The van der Waals surface area contributed by atoms with Gasteiger partial charge in [-0.1, -0.05) is 0 Å². The summed E-state index contributed by atoms with van der Waals surface area (Å²) in [6.45, 7) is 1.43. The van der Waals surface area contributed by atoms with E-state index in [-0.39, 0.29) is 5.56 Å². The molecule has 0 aliphatic heterocycles. The van der Waals surface area contributed by atoms with Crippen molar-refractivity contribution >= 4 is 5.97 Å². The Bertz CT molecular complexity index is 301. The van der Waals surface area contributed by atoms with Crippen LogP contribution in [0.2, 0.25) is 0 Å². The molecule has 1 aromatic rings. The molecule has 1 unspecified atom stereocenters. The Balaban J connectivity index is 3.02. The van der Waals surface area contributed by atoms with Gasteiger partial charge in [-0.2, -0.15) is 0 Å². The topological polar surface area (TPSA) is 50.2 Å². The zero-order chi connectivity index (χ0) is 9.14. The van der Waals surface area contributed by atoms with Gasteiger partial charge in [-0.15, -0.1) is 0 Å². The number of pyridine rings is 1. The fourth-order valence-electron chi connectivity index (χ4n) is 0.870. The highest BCUT2D eigenvalue weighted by atomic mass is 19.1. The van der Waals surface area contributed by atoms with Crippen molar-refractivity contribution in [3.8, 4) is 0 Å². The number of carboxylic acids is 1. The van der Waals surface area contributed by atoms with Crippen LogP contribution in [0.15, 0.2) is 18.5 Å². The molecule has 0 aliphatic carbocycles. The molecular weight excluding hydrogens is 161 g/mol. The van der Waals surface area contributed by atoms with Gasteiger partial charge in [0.15, 0.2) is 0 Å². The van der Waals surface area contributed by atoms with Gasteiger partial charge in [0.2, 0.25) is 0 Å². The van der Waals surface area contributed by atoms with Crippen LogP contribution in [0.4, 0.5) is 4.39 Å². The Hall–Kier alpha value is -1.45. The first-order valence-corrected chi connectivity index (χ1v) is 3.45. The second-order valence-electron chi connectivity index (χ2n) is 2.46. The second-order valence-corrected chi connectivity index (χ2v) is 2.46. The molecule has 0 saturated heterocycles. The zero-order valence-corrected chi connectivity index (χ0v) is 6.49. The predicted molar refractivity (Wildman–Crippen MR) is 40.2 cm³/mol. The molecule has 1 heterocycles. The number of hydrogen-bond donors (Lipinski definition) is 1. The van der Waals surface area contributed by atoms with E-state index in [1.807, 2.05) is 0 Å². The third kappa shape index (κ3) is 1.58. The second kappa shape index (κ2) is 3.30. The van der Waals surface area contributed by atoms with E-state index >= 15 is 0 Å². The van der Waals surface area contributed by atoms with Crippen LogP contribution in [-0.4, -0.2) is 16.1 Å². The number of nitrogens with zero attached hydrogens (tertiary/aromatic N) is 1. The number of hydrogen-bond acceptors (Lipinski definition) is 2. The van der Waals surface area contributed by atoms with Crippen molar-refractivity contribution in [1.29, 1.82) is 0 Å². The highest BCUT2D eigenvalue weighted by Gasteiger charge is 2.16. The van der Waals surface area contributed by atoms with Crippen LogP contribution in [0.3, 0.4) is 0 Å². The van der Waals surface area contributed by atoms with Crippen molar-refractivity contribution in [1.82, 2.24) is 4.98 Å². The van der Waals surface area contributed by atoms with E-state index < -0.39 is 17.7 Å². The maximum atomic E-state index is 12.9. The van der Waals surface area contributed by atoms with E-state index in [4.69, 9.17) is 5.11 Å². The molecule has 0 aliphatic rings. The van der Waals surface area contributed by atoms with Crippen LogP contribution < -0.4 is 0 Å². The van der Waals surface area contributed by atoms with Crippen LogP contribution in [0.1, 0.15) is 18.4 Å². The first kappa shape index (κ1) is 8.64. The lowest BCUT2D eigenvalue weighted by Crippen LogP contribution is -2.09. The predicted octanol–water partition coefficient (Wildman–Crippen LogP) is 1.41. The minimum atomic E-state index is -1.04. The Kier molecular flexibility index (Phi) is 2.38. The average Bonchev–Trinajstić information content (AvgIpc) is 2.04. The first-order valence-electron chi connectivity index (χ1n) is 3.45. The minimum absolute atomic E-state index is 0.164. The van der Waals surface area contributed by atoms with Crippen LogP contribution >= 0.6 is 0 Å². The van der Waals surface area contributed by atoms with Gasteiger partial charge in [-0.25, -0.2) is 4.39 Å². The summed E-state index contributed by atoms with van der Waals surface area (Å²) in [6, 6.07) is 1.37. The van der Waals surface area contributed by atoms with E-state index in [1.165, 1.54) is 19.2 Å².